The molecule has 3 nitrogen and oxygen atoms in total. The number of aryl methyl sites for hydroxylation is 1. The zero-order chi connectivity index (χ0) is 13.2. The van der Waals surface area contributed by atoms with Crippen LogP contribution in [0.5, 0.6) is 0 Å². The Hall–Kier alpha value is -1.35. The lowest BCUT2D eigenvalue weighted by Gasteiger charge is -2.30. The van der Waals surface area contributed by atoms with Crippen LogP contribution in [0.2, 0.25) is 0 Å². The molecule has 0 amide bonds. The van der Waals surface area contributed by atoms with Crippen LogP contribution >= 0.6 is 0 Å². The summed E-state index contributed by atoms with van der Waals surface area (Å²) < 4.78 is 0. The highest BCUT2D eigenvalue weighted by Crippen LogP contribution is 2.23. The standard InChI is InChI=1S/C16H23N3/c1-12-8-9-14-15(10-12)18-16(17-14)11-19(2)13-6-4-3-5-7-13/h8-10,13H,3-7,11H2,1-2H3,(H,17,18). The van der Waals surface area contributed by atoms with Crippen molar-refractivity contribution < 1.29 is 0 Å². The molecule has 1 fully saturated rings. The molecule has 1 heterocycles. The van der Waals surface area contributed by atoms with Crippen LogP contribution in [0.1, 0.15) is 43.5 Å². The zero-order valence-electron chi connectivity index (χ0n) is 11.9. The molecule has 0 saturated heterocycles. The lowest BCUT2D eigenvalue weighted by Crippen LogP contribution is -2.33. The molecule has 1 aromatic carbocycles. The predicted molar refractivity (Wildman–Crippen MR) is 79.2 cm³/mol. The lowest BCUT2D eigenvalue weighted by atomic mass is 9.94. The molecule has 1 aliphatic rings. The van der Waals surface area contributed by atoms with Crippen molar-refractivity contribution in [3.05, 3.63) is 29.6 Å². The zero-order valence-corrected chi connectivity index (χ0v) is 11.9. The number of hydrogen-bond donors (Lipinski definition) is 1. The third-order valence-electron chi connectivity index (χ3n) is 4.28. The fourth-order valence-corrected chi connectivity index (χ4v) is 3.14. The van der Waals surface area contributed by atoms with Gasteiger partial charge in [0.25, 0.3) is 0 Å². The summed E-state index contributed by atoms with van der Waals surface area (Å²) in [5, 5.41) is 0. The van der Waals surface area contributed by atoms with Gasteiger partial charge in [0, 0.05) is 6.04 Å². The maximum Gasteiger partial charge on any atom is 0.121 e. The smallest absolute Gasteiger partial charge is 0.121 e. The first kappa shape index (κ1) is 12.7. The molecule has 0 radical (unpaired) electrons. The second-order valence-electron chi connectivity index (χ2n) is 5.91. The van der Waals surface area contributed by atoms with Crippen LogP contribution in [0.15, 0.2) is 18.2 Å². The van der Waals surface area contributed by atoms with Crippen molar-refractivity contribution in [1.82, 2.24) is 14.9 Å². The van der Waals surface area contributed by atoms with E-state index in [2.05, 4.69) is 42.1 Å². The number of rotatable bonds is 3. The van der Waals surface area contributed by atoms with E-state index in [1.54, 1.807) is 0 Å². The minimum absolute atomic E-state index is 0.740. The van der Waals surface area contributed by atoms with Gasteiger partial charge < -0.3 is 4.98 Å². The average molecular weight is 257 g/mol. The number of nitrogens with zero attached hydrogens (tertiary/aromatic N) is 2. The highest BCUT2D eigenvalue weighted by atomic mass is 15.2. The maximum atomic E-state index is 4.69. The summed E-state index contributed by atoms with van der Waals surface area (Å²) in [6.07, 6.45) is 6.86. The quantitative estimate of drug-likeness (QED) is 0.910. The Bertz CT molecular complexity index is 552. The molecule has 0 bridgehead atoms. The SMILES string of the molecule is Cc1ccc2nc(CN(C)C3CCCCC3)[nH]c2c1. The fraction of sp³-hybridized carbons (Fsp3) is 0.562. The van der Waals surface area contributed by atoms with Crippen molar-refractivity contribution in [3.8, 4) is 0 Å². The average Bonchev–Trinajstić information content (AvgIpc) is 2.81. The van der Waals surface area contributed by atoms with E-state index >= 15 is 0 Å². The highest BCUT2D eigenvalue weighted by molar-refractivity contribution is 5.75. The first-order valence-corrected chi connectivity index (χ1v) is 7.38. The summed E-state index contributed by atoms with van der Waals surface area (Å²) in [4.78, 5) is 10.6. The number of H-pyrrole nitrogens is 1. The van der Waals surface area contributed by atoms with Crippen molar-refractivity contribution >= 4 is 11.0 Å². The number of benzene rings is 1. The van der Waals surface area contributed by atoms with Crippen LogP contribution in [-0.4, -0.2) is 28.0 Å². The molecular formula is C16H23N3. The molecular weight excluding hydrogens is 234 g/mol. The van der Waals surface area contributed by atoms with Gasteiger partial charge >= 0.3 is 0 Å². The van der Waals surface area contributed by atoms with Crippen LogP contribution in [-0.2, 0) is 6.54 Å². The Morgan fingerprint density at radius 3 is 2.84 bits per heavy atom. The Morgan fingerprint density at radius 2 is 2.05 bits per heavy atom. The summed E-state index contributed by atoms with van der Waals surface area (Å²) in [7, 11) is 2.23. The summed E-state index contributed by atoms with van der Waals surface area (Å²) >= 11 is 0. The van der Waals surface area contributed by atoms with Crippen molar-refractivity contribution in [2.75, 3.05) is 7.05 Å². The molecule has 1 aliphatic carbocycles. The molecule has 2 aromatic rings. The van der Waals surface area contributed by atoms with Gasteiger partial charge in [0.05, 0.1) is 17.6 Å². The van der Waals surface area contributed by atoms with Crippen molar-refractivity contribution in [2.45, 2.75) is 51.6 Å². The van der Waals surface area contributed by atoms with Crippen molar-refractivity contribution in [1.29, 1.82) is 0 Å². The Morgan fingerprint density at radius 1 is 1.26 bits per heavy atom. The van der Waals surface area contributed by atoms with Gasteiger partial charge in [-0.25, -0.2) is 4.98 Å². The second-order valence-corrected chi connectivity index (χ2v) is 5.91. The number of hydrogen-bond acceptors (Lipinski definition) is 2. The van der Waals surface area contributed by atoms with Gasteiger partial charge in [-0.15, -0.1) is 0 Å². The molecule has 0 atom stereocenters. The minimum atomic E-state index is 0.740. The van der Waals surface area contributed by atoms with E-state index in [4.69, 9.17) is 4.98 Å². The van der Waals surface area contributed by atoms with E-state index < -0.39 is 0 Å². The van der Waals surface area contributed by atoms with E-state index in [0.717, 1.165) is 29.4 Å². The van der Waals surface area contributed by atoms with Gasteiger partial charge in [0.15, 0.2) is 0 Å². The largest absolute Gasteiger partial charge is 0.341 e. The summed E-state index contributed by atoms with van der Waals surface area (Å²) in [6.45, 7) is 3.05. The van der Waals surface area contributed by atoms with Gasteiger partial charge in [-0.2, -0.15) is 0 Å². The van der Waals surface area contributed by atoms with Crippen molar-refractivity contribution in [2.24, 2.45) is 0 Å². The second kappa shape index (κ2) is 5.33. The summed E-state index contributed by atoms with van der Waals surface area (Å²) in [5.41, 5.74) is 3.52. The molecule has 0 spiro atoms. The molecule has 102 valence electrons. The molecule has 0 unspecified atom stereocenters. The van der Waals surface area contributed by atoms with Gasteiger partial charge in [0.1, 0.15) is 5.82 Å². The Labute approximate surface area is 115 Å². The van der Waals surface area contributed by atoms with Crippen LogP contribution in [0.4, 0.5) is 0 Å². The number of fused-ring (bicyclic) bond motifs is 1. The highest BCUT2D eigenvalue weighted by Gasteiger charge is 2.18. The van der Waals surface area contributed by atoms with Gasteiger partial charge in [-0.1, -0.05) is 25.3 Å². The predicted octanol–water partition coefficient (Wildman–Crippen LogP) is 3.64. The Balaban J connectivity index is 1.73. The van der Waals surface area contributed by atoms with Gasteiger partial charge in [-0.3, -0.25) is 4.90 Å². The number of imidazole rings is 1. The number of nitrogens with one attached hydrogen (secondary N) is 1. The number of aromatic nitrogens is 2. The monoisotopic (exact) mass is 257 g/mol. The van der Waals surface area contributed by atoms with Crippen LogP contribution in [0, 0.1) is 6.92 Å². The molecule has 3 rings (SSSR count). The third-order valence-corrected chi connectivity index (χ3v) is 4.28. The maximum absolute atomic E-state index is 4.69. The first-order chi connectivity index (χ1) is 9.22. The Kier molecular flexibility index (Phi) is 3.56. The van der Waals surface area contributed by atoms with E-state index in [1.807, 2.05) is 0 Å². The van der Waals surface area contributed by atoms with Crippen molar-refractivity contribution in [3.63, 3.8) is 0 Å². The fourth-order valence-electron chi connectivity index (χ4n) is 3.14. The minimum Gasteiger partial charge on any atom is -0.341 e. The van der Waals surface area contributed by atoms with Crippen LogP contribution in [0.3, 0.4) is 0 Å². The van der Waals surface area contributed by atoms with Gasteiger partial charge in [-0.05, 0) is 44.5 Å². The first-order valence-electron chi connectivity index (χ1n) is 7.38. The summed E-state index contributed by atoms with van der Waals surface area (Å²) in [6, 6.07) is 7.14. The molecule has 1 saturated carbocycles. The normalized spacial score (nSPS) is 17.4. The van der Waals surface area contributed by atoms with E-state index in [0.29, 0.717) is 0 Å². The van der Waals surface area contributed by atoms with Crippen LogP contribution < -0.4 is 0 Å². The number of aromatic amines is 1. The molecule has 19 heavy (non-hydrogen) atoms. The van der Waals surface area contributed by atoms with E-state index in [-0.39, 0.29) is 0 Å². The summed E-state index contributed by atoms with van der Waals surface area (Å²) in [5.74, 6) is 1.09. The molecule has 1 N–H and O–H groups in total. The van der Waals surface area contributed by atoms with E-state index in [9.17, 15) is 0 Å². The molecule has 0 aliphatic heterocycles. The van der Waals surface area contributed by atoms with E-state index in [1.165, 1.54) is 37.7 Å². The molecule has 3 heteroatoms. The van der Waals surface area contributed by atoms with Gasteiger partial charge in [0.2, 0.25) is 0 Å². The van der Waals surface area contributed by atoms with Crippen LogP contribution in [0.25, 0.3) is 11.0 Å². The topological polar surface area (TPSA) is 31.9 Å². The third kappa shape index (κ3) is 2.81. The molecule has 1 aromatic heterocycles. The lowest BCUT2D eigenvalue weighted by molar-refractivity contribution is 0.181.